The Morgan fingerprint density at radius 2 is 2.00 bits per heavy atom. The highest BCUT2D eigenvalue weighted by atomic mass is 32.1. The van der Waals surface area contributed by atoms with Gasteiger partial charge in [-0.2, -0.15) is 0 Å². The largest absolute Gasteiger partial charge is 0.478 e. The number of carbonyl (C=O) groups is 1. The van der Waals surface area contributed by atoms with Crippen LogP contribution in [0.3, 0.4) is 0 Å². The second-order valence-electron chi connectivity index (χ2n) is 3.74. The molecule has 0 fully saturated rings. The number of nitrogens with one attached hydrogen (secondary N) is 3. The van der Waals surface area contributed by atoms with E-state index in [4.69, 9.17) is 17.3 Å². The summed E-state index contributed by atoms with van der Waals surface area (Å²) in [6, 6.07) is 6.40. The van der Waals surface area contributed by atoms with Crippen LogP contribution in [0.1, 0.15) is 30.1 Å². The lowest BCUT2D eigenvalue weighted by Crippen LogP contribution is -2.39. The fourth-order valence-electron chi connectivity index (χ4n) is 1.25. The van der Waals surface area contributed by atoms with E-state index in [0.29, 0.717) is 5.11 Å². The molecule has 0 saturated carbocycles. The predicted molar refractivity (Wildman–Crippen MR) is 75.7 cm³/mol. The second-order valence-corrected chi connectivity index (χ2v) is 4.15. The summed E-state index contributed by atoms with van der Waals surface area (Å²) in [6.45, 7) is 2.95. The minimum Gasteiger partial charge on any atom is -0.478 e. The van der Waals surface area contributed by atoms with Gasteiger partial charge in [0.25, 0.3) is 0 Å². The molecule has 0 atom stereocenters. The monoisotopic (exact) mass is 267 g/mol. The summed E-state index contributed by atoms with van der Waals surface area (Å²) < 4.78 is 0. The predicted octanol–water partition coefficient (Wildman–Crippen LogP) is 1.98. The van der Waals surface area contributed by atoms with Crippen molar-refractivity contribution in [1.82, 2.24) is 10.7 Å². The number of rotatable bonds is 6. The molecular weight excluding hydrogens is 250 g/mol. The Labute approximate surface area is 112 Å². The van der Waals surface area contributed by atoms with Gasteiger partial charge in [0.1, 0.15) is 0 Å². The van der Waals surface area contributed by atoms with E-state index >= 15 is 0 Å². The summed E-state index contributed by atoms with van der Waals surface area (Å²) in [6.07, 6.45) is 2.18. The molecule has 0 heterocycles. The number of hydrazine groups is 1. The van der Waals surface area contributed by atoms with Crippen LogP contribution in [0.25, 0.3) is 0 Å². The molecular formula is C12H17N3O2S. The highest BCUT2D eigenvalue weighted by Crippen LogP contribution is 2.08. The van der Waals surface area contributed by atoms with E-state index < -0.39 is 5.97 Å². The van der Waals surface area contributed by atoms with Crippen LogP contribution in [0.5, 0.6) is 0 Å². The number of anilines is 1. The molecule has 1 rings (SSSR count). The van der Waals surface area contributed by atoms with Crippen molar-refractivity contribution in [2.24, 2.45) is 0 Å². The minimum absolute atomic E-state index is 0.254. The first-order valence-corrected chi connectivity index (χ1v) is 6.17. The second kappa shape index (κ2) is 7.50. The molecule has 0 aromatic heterocycles. The molecule has 0 radical (unpaired) electrons. The molecule has 0 spiro atoms. The van der Waals surface area contributed by atoms with E-state index in [9.17, 15) is 4.79 Å². The van der Waals surface area contributed by atoms with Gasteiger partial charge in [-0.15, -0.1) is 0 Å². The van der Waals surface area contributed by atoms with Gasteiger partial charge in [0, 0.05) is 6.54 Å². The number of hydrogen-bond donors (Lipinski definition) is 4. The van der Waals surface area contributed by atoms with Crippen LogP contribution in [0.15, 0.2) is 24.3 Å². The Morgan fingerprint density at radius 1 is 1.33 bits per heavy atom. The molecule has 0 saturated heterocycles. The SMILES string of the molecule is CCCCNC(=S)NNc1ccc(C(=O)O)cc1. The molecule has 0 aliphatic rings. The Morgan fingerprint density at radius 3 is 2.56 bits per heavy atom. The lowest BCUT2D eigenvalue weighted by atomic mass is 10.2. The molecule has 5 nitrogen and oxygen atoms in total. The van der Waals surface area contributed by atoms with E-state index in [1.165, 1.54) is 12.1 Å². The molecule has 0 aliphatic heterocycles. The van der Waals surface area contributed by atoms with Crippen LogP contribution in [0, 0.1) is 0 Å². The van der Waals surface area contributed by atoms with Crippen molar-refractivity contribution in [1.29, 1.82) is 0 Å². The Kier molecular flexibility index (Phi) is 5.93. The van der Waals surface area contributed by atoms with Gasteiger partial charge in [0.2, 0.25) is 0 Å². The summed E-state index contributed by atoms with van der Waals surface area (Å²) in [5, 5.41) is 12.3. The van der Waals surface area contributed by atoms with E-state index in [2.05, 4.69) is 23.1 Å². The fourth-order valence-corrected chi connectivity index (χ4v) is 1.40. The molecule has 0 amide bonds. The Balaban J connectivity index is 2.34. The topological polar surface area (TPSA) is 73.4 Å². The number of thiocarbonyl (C=S) groups is 1. The lowest BCUT2D eigenvalue weighted by Gasteiger charge is -2.12. The molecule has 0 aliphatic carbocycles. The normalized spacial score (nSPS) is 9.61. The third-order valence-corrected chi connectivity index (χ3v) is 2.51. The number of unbranched alkanes of at least 4 members (excludes halogenated alkanes) is 1. The lowest BCUT2D eigenvalue weighted by molar-refractivity contribution is 0.0697. The van der Waals surface area contributed by atoms with E-state index in [1.807, 2.05) is 0 Å². The average molecular weight is 267 g/mol. The molecule has 1 aromatic carbocycles. The number of aromatic carboxylic acids is 1. The molecule has 6 heteroatoms. The zero-order valence-electron chi connectivity index (χ0n) is 10.2. The summed E-state index contributed by atoms with van der Waals surface area (Å²) in [5.74, 6) is -0.939. The van der Waals surface area contributed by atoms with Gasteiger partial charge in [0.05, 0.1) is 11.3 Å². The molecule has 4 N–H and O–H groups in total. The molecule has 1 aromatic rings. The minimum atomic E-state index is -0.939. The van der Waals surface area contributed by atoms with Crippen molar-refractivity contribution < 1.29 is 9.90 Å². The van der Waals surface area contributed by atoms with Gasteiger partial charge in [-0.05, 0) is 42.9 Å². The first-order valence-electron chi connectivity index (χ1n) is 5.76. The Hall–Kier alpha value is -1.82. The third kappa shape index (κ3) is 5.01. The maximum Gasteiger partial charge on any atom is 0.335 e. The van der Waals surface area contributed by atoms with Crippen molar-refractivity contribution in [2.75, 3.05) is 12.0 Å². The van der Waals surface area contributed by atoms with Crippen LogP contribution >= 0.6 is 12.2 Å². The zero-order valence-corrected chi connectivity index (χ0v) is 11.0. The first kappa shape index (κ1) is 14.2. The molecule has 18 heavy (non-hydrogen) atoms. The zero-order chi connectivity index (χ0) is 13.4. The number of carboxylic acid groups (broad SMARTS) is 1. The van der Waals surface area contributed by atoms with Gasteiger partial charge in [0.15, 0.2) is 5.11 Å². The number of benzene rings is 1. The number of hydrogen-bond acceptors (Lipinski definition) is 3. The molecule has 0 bridgehead atoms. The van der Waals surface area contributed by atoms with Crippen LogP contribution < -0.4 is 16.2 Å². The van der Waals surface area contributed by atoms with E-state index in [-0.39, 0.29) is 5.56 Å². The quantitative estimate of drug-likeness (QED) is 0.359. The highest BCUT2D eigenvalue weighted by Gasteiger charge is 2.01. The van der Waals surface area contributed by atoms with Crippen LogP contribution in [-0.4, -0.2) is 22.7 Å². The van der Waals surface area contributed by atoms with Gasteiger partial charge >= 0.3 is 5.97 Å². The van der Waals surface area contributed by atoms with Gasteiger partial charge < -0.3 is 10.4 Å². The van der Waals surface area contributed by atoms with Crippen LogP contribution in [0.4, 0.5) is 5.69 Å². The van der Waals surface area contributed by atoms with Crippen LogP contribution in [0.2, 0.25) is 0 Å². The van der Waals surface area contributed by atoms with Gasteiger partial charge in [-0.3, -0.25) is 10.9 Å². The average Bonchev–Trinajstić information content (AvgIpc) is 2.37. The molecule has 0 unspecified atom stereocenters. The standard InChI is InChI=1S/C12H17N3O2S/c1-2-3-8-13-12(18)15-14-10-6-4-9(5-7-10)11(16)17/h4-7,14H,2-3,8H2,1H3,(H,16,17)(H2,13,15,18). The maximum absolute atomic E-state index is 10.7. The first-order chi connectivity index (χ1) is 8.63. The van der Waals surface area contributed by atoms with Crippen molar-refractivity contribution in [3.05, 3.63) is 29.8 Å². The number of carboxylic acids is 1. The highest BCUT2D eigenvalue weighted by molar-refractivity contribution is 7.80. The van der Waals surface area contributed by atoms with Crippen LogP contribution in [-0.2, 0) is 0 Å². The van der Waals surface area contributed by atoms with Crippen molar-refractivity contribution in [3.8, 4) is 0 Å². The van der Waals surface area contributed by atoms with Gasteiger partial charge in [-0.1, -0.05) is 13.3 Å². The fraction of sp³-hybridized carbons (Fsp3) is 0.333. The summed E-state index contributed by atoms with van der Waals surface area (Å²) >= 11 is 5.06. The van der Waals surface area contributed by atoms with Gasteiger partial charge in [-0.25, -0.2) is 4.79 Å². The Bertz CT molecular complexity index is 406. The maximum atomic E-state index is 10.7. The smallest absolute Gasteiger partial charge is 0.335 e. The van der Waals surface area contributed by atoms with Crippen molar-refractivity contribution >= 4 is 29.0 Å². The molecule has 98 valence electrons. The summed E-state index contributed by atoms with van der Waals surface area (Å²) in [4.78, 5) is 10.7. The van der Waals surface area contributed by atoms with Crippen molar-refractivity contribution in [3.63, 3.8) is 0 Å². The van der Waals surface area contributed by atoms with E-state index in [0.717, 1.165) is 25.1 Å². The third-order valence-electron chi connectivity index (χ3n) is 2.27. The van der Waals surface area contributed by atoms with E-state index in [1.54, 1.807) is 12.1 Å². The summed E-state index contributed by atoms with van der Waals surface area (Å²) in [7, 11) is 0. The summed E-state index contributed by atoms with van der Waals surface area (Å²) in [5.41, 5.74) is 6.72. The van der Waals surface area contributed by atoms with Crippen molar-refractivity contribution in [2.45, 2.75) is 19.8 Å².